The molecular weight excluding hydrogens is 346 g/mol. The highest BCUT2D eigenvalue weighted by Crippen LogP contribution is 2.29. The summed E-state index contributed by atoms with van der Waals surface area (Å²) in [4.78, 5) is 29.9. The highest BCUT2D eigenvalue weighted by atomic mass is 32.1. The highest BCUT2D eigenvalue weighted by molar-refractivity contribution is 7.10. The maximum absolute atomic E-state index is 13.1. The summed E-state index contributed by atoms with van der Waals surface area (Å²) in [7, 11) is 0. The van der Waals surface area contributed by atoms with Crippen molar-refractivity contribution < 1.29 is 14.5 Å². The third kappa shape index (κ3) is 2.64. The molecule has 1 fully saturated rings. The standard InChI is InChI=1S/C20H23N3O2S/c1-3-16-15-10-12-26-17(15)9-11-22(16)13-23-18(24)20(2,21-19(23)25)14-7-5-4-6-8-14/h4-8,10,12,16H,3,9,11,13H2,1-2H3,(H,21,25)/p+1/t16-,20+/m0/s1. The summed E-state index contributed by atoms with van der Waals surface area (Å²) in [6, 6.07) is 11.7. The molecule has 1 saturated heterocycles. The van der Waals surface area contributed by atoms with Gasteiger partial charge in [-0.1, -0.05) is 37.3 Å². The number of imide groups is 1. The molecule has 1 unspecified atom stereocenters. The van der Waals surface area contributed by atoms with Gasteiger partial charge in [0.25, 0.3) is 5.91 Å². The van der Waals surface area contributed by atoms with Gasteiger partial charge in [0.2, 0.25) is 0 Å². The molecule has 0 aliphatic carbocycles. The Balaban J connectivity index is 1.57. The lowest BCUT2D eigenvalue weighted by atomic mass is 9.92. The first-order chi connectivity index (χ1) is 12.5. The molecule has 0 saturated carbocycles. The first kappa shape index (κ1) is 17.2. The van der Waals surface area contributed by atoms with Crippen LogP contribution in [0.15, 0.2) is 41.8 Å². The summed E-state index contributed by atoms with van der Waals surface area (Å²) in [6.45, 7) is 5.34. The molecule has 1 aromatic heterocycles. The van der Waals surface area contributed by atoms with Crippen LogP contribution in [0.2, 0.25) is 0 Å². The van der Waals surface area contributed by atoms with Crippen molar-refractivity contribution in [2.24, 2.45) is 0 Å². The van der Waals surface area contributed by atoms with Crippen LogP contribution in [0.25, 0.3) is 0 Å². The van der Waals surface area contributed by atoms with Crippen LogP contribution in [0, 0.1) is 0 Å². The van der Waals surface area contributed by atoms with E-state index < -0.39 is 5.54 Å². The molecule has 0 radical (unpaired) electrons. The smallest absolute Gasteiger partial charge is 0.319 e. The number of carbonyl (C=O) groups is 2. The second-order valence-corrected chi connectivity index (χ2v) is 8.23. The van der Waals surface area contributed by atoms with Gasteiger partial charge < -0.3 is 10.2 Å². The van der Waals surface area contributed by atoms with E-state index in [1.165, 1.54) is 20.2 Å². The molecule has 0 spiro atoms. The van der Waals surface area contributed by atoms with Gasteiger partial charge in [-0.2, -0.15) is 0 Å². The van der Waals surface area contributed by atoms with Gasteiger partial charge in [-0.05, 0) is 23.9 Å². The van der Waals surface area contributed by atoms with Crippen molar-refractivity contribution in [2.75, 3.05) is 13.2 Å². The number of hydrogen-bond acceptors (Lipinski definition) is 3. The maximum Gasteiger partial charge on any atom is 0.329 e. The van der Waals surface area contributed by atoms with E-state index in [1.807, 2.05) is 41.7 Å². The van der Waals surface area contributed by atoms with E-state index in [0.29, 0.717) is 12.7 Å². The predicted octanol–water partition coefficient (Wildman–Crippen LogP) is 2.06. The molecule has 3 heterocycles. The van der Waals surface area contributed by atoms with E-state index in [2.05, 4.69) is 23.7 Å². The molecule has 2 aromatic rings. The molecule has 3 amide bonds. The van der Waals surface area contributed by atoms with E-state index in [4.69, 9.17) is 0 Å². The van der Waals surface area contributed by atoms with Crippen LogP contribution in [0.5, 0.6) is 0 Å². The third-order valence-corrected chi connectivity index (χ3v) is 6.71. The van der Waals surface area contributed by atoms with Gasteiger partial charge in [0.1, 0.15) is 11.6 Å². The Labute approximate surface area is 157 Å². The molecule has 26 heavy (non-hydrogen) atoms. The number of thiophene rings is 1. The number of quaternary nitrogens is 1. The van der Waals surface area contributed by atoms with E-state index in [0.717, 1.165) is 24.9 Å². The van der Waals surface area contributed by atoms with Crippen LogP contribution in [-0.2, 0) is 16.8 Å². The number of nitrogens with one attached hydrogen (secondary N) is 2. The lowest BCUT2D eigenvalue weighted by molar-refractivity contribution is -0.940. The lowest BCUT2D eigenvalue weighted by Gasteiger charge is -2.34. The molecule has 6 heteroatoms. The Morgan fingerprint density at radius 2 is 2.04 bits per heavy atom. The van der Waals surface area contributed by atoms with Crippen molar-refractivity contribution in [2.45, 2.75) is 38.3 Å². The number of nitrogens with zero attached hydrogens (tertiary/aromatic N) is 1. The van der Waals surface area contributed by atoms with Crippen molar-refractivity contribution in [3.05, 3.63) is 57.8 Å². The fraction of sp³-hybridized carbons (Fsp3) is 0.400. The van der Waals surface area contributed by atoms with Gasteiger partial charge in [0.05, 0.1) is 6.54 Å². The van der Waals surface area contributed by atoms with Gasteiger partial charge in [-0.3, -0.25) is 4.79 Å². The monoisotopic (exact) mass is 370 g/mol. The van der Waals surface area contributed by atoms with E-state index >= 15 is 0 Å². The summed E-state index contributed by atoms with van der Waals surface area (Å²) >= 11 is 1.81. The summed E-state index contributed by atoms with van der Waals surface area (Å²) in [5.74, 6) is -0.160. The zero-order chi connectivity index (χ0) is 18.3. The summed E-state index contributed by atoms with van der Waals surface area (Å²) in [5.41, 5.74) is 1.22. The second-order valence-electron chi connectivity index (χ2n) is 7.23. The summed E-state index contributed by atoms with van der Waals surface area (Å²) < 4.78 is 0. The van der Waals surface area contributed by atoms with Crippen molar-refractivity contribution >= 4 is 23.3 Å². The van der Waals surface area contributed by atoms with Crippen LogP contribution >= 0.6 is 11.3 Å². The Kier molecular flexibility index (Phi) is 4.32. The molecule has 2 aliphatic heterocycles. The number of benzene rings is 1. The number of carbonyl (C=O) groups excluding carboxylic acids is 2. The second kappa shape index (κ2) is 6.52. The molecule has 2 aliphatic rings. The van der Waals surface area contributed by atoms with Crippen LogP contribution in [-0.4, -0.2) is 30.1 Å². The topological polar surface area (TPSA) is 53.9 Å². The number of amides is 3. The fourth-order valence-corrected chi connectivity index (χ4v) is 5.19. The predicted molar refractivity (Wildman–Crippen MR) is 101 cm³/mol. The fourth-order valence-electron chi connectivity index (χ4n) is 4.24. The number of urea groups is 1. The van der Waals surface area contributed by atoms with Gasteiger partial charge in [0, 0.05) is 23.3 Å². The van der Waals surface area contributed by atoms with Gasteiger partial charge in [-0.15, -0.1) is 11.3 Å². The van der Waals surface area contributed by atoms with Gasteiger partial charge in [-0.25, -0.2) is 9.69 Å². The van der Waals surface area contributed by atoms with Gasteiger partial charge >= 0.3 is 6.03 Å². The Bertz CT molecular complexity index is 835. The molecule has 0 bridgehead atoms. The van der Waals surface area contributed by atoms with Gasteiger partial charge in [0.15, 0.2) is 6.67 Å². The number of rotatable bonds is 4. The van der Waals surface area contributed by atoms with E-state index in [9.17, 15) is 9.59 Å². The van der Waals surface area contributed by atoms with E-state index in [-0.39, 0.29) is 11.9 Å². The van der Waals surface area contributed by atoms with Crippen LogP contribution in [0.3, 0.4) is 0 Å². The highest BCUT2D eigenvalue weighted by Gasteiger charge is 2.50. The normalized spacial score (nSPS) is 28.2. The minimum absolute atomic E-state index is 0.160. The minimum atomic E-state index is -0.983. The lowest BCUT2D eigenvalue weighted by Crippen LogP contribution is -3.14. The van der Waals surface area contributed by atoms with Crippen LogP contribution in [0.1, 0.15) is 42.3 Å². The first-order valence-corrected chi connectivity index (χ1v) is 10.0. The Hall–Kier alpha value is -2.18. The average Bonchev–Trinajstić information content (AvgIpc) is 3.21. The minimum Gasteiger partial charge on any atom is -0.319 e. The molecule has 3 atom stereocenters. The third-order valence-electron chi connectivity index (χ3n) is 5.72. The van der Waals surface area contributed by atoms with Crippen molar-refractivity contribution in [3.8, 4) is 0 Å². The van der Waals surface area contributed by atoms with Crippen molar-refractivity contribution in [1.29, 1.82) is 0 Å². The first-order valence-electron chi connectivity index (χ1n) is 9.15. The van der Waals surface area contributed by atoms with Crippen LogP contribution < -0.4 is 10.2 Å². The average molecular weight is 370 g/mol. The molecule has 5 nitrogen and oxygen atoms in total. The zero-order valence-electron chi connectivity index (χ0n) is 15.1. The van der Waals surface area contributed by atoms with E-state index in [1.54, 1.807) is 6.92 Å². The zero-order valence-corrected chi connectivity index (χ0v) is 15.9. The Morgan fingerprint density at radius 1 is 1.27 bits per heavy atom. The molecule has 2 N–H and O–H groups in total. The molecule has 1 aromatic carbocycles. The van der Waals surface area contributed by atoms with Crippen molar-refractivity contribution in [3.63, 3.8) is 0 Å². The molecule has 136 valence electrons. The maximum atomic E-state index is 13.1. The summed E-state index contributed by atoms with van der Waals surface area (Å²) in [6.07, 6.45) is 2.01. The number of hydrogen-bond donors (Lipinski definition) is 2. The Morgan fingerprint density at radius 3 is 2.77 bits per heavy atom. The molecular formula is C20H24N3O2S+. The quantitative estimate of drug-likeness (QED) is 0.810. The largest absolute Gasteiger partial charge is 0.329 e. The SMILES string of the molecule is CC[C@H]1c2ccsc2CC[NH+]1CN1C(=O)N[C@](C)(c2ccccc2)C1=O. The molecule has 4 rings (SSSR count). The van der Waals surface area contributed by atoms with Crippen molar-refractivity contribution in [1.82, 2.24) is 10.2 Å². The number of fused-ring (bicyclic) bond motifs is 1. The van der Waals surface area contributed by atoms with Crippen LogP contribution in [0.4, 0.5) is 4.79 Å². The summed E-state index contributed by atoms with van der Waals surface area (Å²) in [5, 5.41) is 5.06.